The van der Waals surface area contributed by atoms with E-state index in [0.29, 0.717) is 17.8 Å². The normalized spacial score (nSPS) is 19.4. The molecule has 0 spiro atoms. The summed E-state index contributed by atoms with van der Waals surface area (Å²) in [5.74, 6) is 1.27. The second-order valence-electron chi connectivity index (χ2n) is 6.76. The van der Waals surface area contributed by atoms with Crippen molar-refractivity contribution in [3.05, 3.63) is 54.2 Å². The summed E-state index contributed by atoms with van der Waals surface area (Å²) in [4.78, 5) is 2.46. The molecule has 6 nitrogen and oxygen atoms in total. The van der Waals surface area contributed by atoms with Gasteiger partial charge >= 0.3 is 0 Å². The van der Waals surface area contributed by atoms with Crippen LogP contribution in [0.5, 0.6) is 0 Å². The van der Waals surface area contributed by atoms with E-state index in [2.05, 4.69) is 40.2 Å². The molecule has 3 heterocycles. The van der Waals surface area contributed by atoms with E-state index in [1.165, 1.54) is 18.4 Å². The number of nitrogens with zero attached hydrogens (tertiary/aromatic N) is 5. The van der Waals surface area contributed by atoms with Crippen LogP contribution in [0.25, 0.3) is 11.5 Å². The third-order valence-electron chi connectivity index (χ3n) is 4.90. The topological polar surface area (TPSA) is 60.0 Å². The summed E-state index contributed by atoms with van der Waals surface area (Å²) in [5.41, 5.74) is 2.15. The molecule has 0 aliphatic carbocycles. The highest BCUT2D eigenvalue weighted by molar-refractivity contribution is 5.51. The number of rotatable bonds is 5. The van der Waals surface area contributed by atoms with Crippen LogP contribution in [0.2, 0.25) is 0 Å². The highest BCUT2D eigenvalue weighted by Crippen LogP contribution is 2.30. The van der Waals surface area contributed by atoms with E-state index in [1.54, 1.807) is 0 Å². The van der Waals surface area contributed by atoms with Crippen LogP contribution in [0.3, 0.4) is 0 Å². The minimum atomic E-state index is 0.106. The fraction of sp³-hybridized carbons (Fsp3) is 0.421. The van der Waals surface area contributed by atoms with Gasteiger partial charge in [0, 0.05) is 17.8 Å². The Morgan fingerprint density at radius 1 is 1.24 bits per heavy atom. The fourth-order valence-corrected chi connectivity index (χ4v) is 3.59. The monoisotopic (exact) mass is 337 g/mol. The molecule has 1 aromatic carbocycles. The van der Waals surface area contributed by atoms with Crippen LogP contribution in [0.4, 0.5) is 0 Å². The lowest BCUT2D eigenvalue weighted by Gasteiger charge is -2.28. The molecule has 130 valence electrons. The Kier molecular flexibility index (Phi) is 4.36. The summed E-state index contributed by atoms with van der Waals surface area (Å²) < 4.78 is 8.00. The van der Waals surface area contributed by atoms with Crippen molar-refractivity contribution in [2.24, 2.45) is 0 Å². The van der Waals surface area contributed by atoms with Gasteiger partial charge in [0.2, 0.25) is 11.8 Å². The van der Waals surface area contributed by atoms with Gasteiger partial charge in [0.25, 0.3) is 0 Å². The Labute approximate surface area is 147 Å². The SMILES string of the molecule is Cc1cnn(C[C@H]2CCCN2[C@@H](C)c2nnc(-c3ccccc3)o2)c1. The van der Waals surface area contributed by atoms with E-state index >= 15 is 0 Å². The van der Waals surface area contributed by atoms with Crippen LogP contribution < -0.4 is 0 Å². The summed E-state index contributed by atoms with van der Waals surface area (Å²) in [6.45, 7) is 6.17. The van der Waals surface area contributed by atoms with Gasteiger partial charge in [-0.1, -0.05) is 18.2 Å². The molecular formula is C19H23N5O. The van der Waals surface area contributed by atoms with Crippen LogP contribution in [0.1, 0.15) is 37.3 Å². The van der Waals surface area contributed by atoms with Gasteiger partial charge in [-0.2, -0.15) is 5.10 Å². The molecule has 0 bridgehead atoms. The number of aryl methyl sites for hydroxylation is 1. The van der Waals surface area contributed by atoms with Crippen molar-refractivity contribution in [1.29, 1.82) is 0 Å². The van der Waals surface area contributed by atoms with Crippen molar-refractivity contribution >= 4 is 0 Å². The molecule has 0 radical (unpaired) electrons. The molecule has 2 atom stereocenters. The van der Waals surface area contributed by atoms with Crippen molar-refractivity contribution in [2.75, 3.05) is 6.54 Å². The molecule has 1 aliphatic heterocycles. The van der Waals surface area contributed by atoms with Crippen molar-refractivity contribution in [1.82, 2.24) is 24.9 Å². The average molecular weight is 337 g/mol. The summed E-state index contributed by atoms with van der Waals surface area (Å²) in [6, 6.07) is 10.5. The van der Waals surface area contributed by atoms with E-state index in [-0.39, 0.29) is 6.04 Å². The molecule has 0 saturated carbocycles. The Hall–Kier alpha value is -2.47. The molecule has 6 heteroatoms. The first-order chi connectivity index (χ1) is 12.2. The van der Waals surface area contributed by atoms with Gasteiger partial charge in [0.15, 0.2) is 0 Å². The lowest BCUT2D eigenvalue weighted by atomic mass is 10.2. The van der Waals surface area contributed by atoms with Crippen LogP contribution >= 0.6 is 0 Å². The van der Waals surface area contributed by atoms with Gasteiger partial charge in [0.05, 0.1) is 18.8 Å². The minimum Gasteiger partial charge on any atom is -0.419 e. The second-order valence-corrected chi connectivity index (χ2v) is 6.76. The van der Waals surface area contributed by atoms with Crippen LogP contribution in [0.15, 0.2) is 47.1 Å². The molecular weight excluding hydrogens is 314 g/mol. The molecule has 25 heavy (non-hydrogen) atoms. The molecule has 0 amide bonds. The Balaban J connectivity index is 1.50. The first-order valence-electron chi connectivity index (χ1n) is 8.84. The number of benzene rings is 1. The van der Waals surface area contributed by atoms with E-state index < -0.39 is 0 Å². The minimum absolute atomic E-state index is 0.106. The summed E-state index contributed by atoms with van der Waals surface area (Å²) >= 11 is 0. The summed E-state index contributed by atoms with van der Waals surface area (Å²) in [7, 11) is 0. The standard InChI is InChI=1S/C19H23N5O/c1-14-11-20-23(12-14)13-17-9-6-10-24(17)15(2)18-21-22-19(25-18)16-7-4-3-5-8-16/h3-5,7-8,11-12,15,17H,6,9-10,13H2,1-2H3/t15-,17+/m0/s1. The highest BCUT2D eigenvalue weighted by atomic mass is 16.4. The van der Waals surface area contributed by atoms with Crippen LogP contribution in [0, 0.1) is 6.92 Å². The third-order valence-corrected chi connectivity index (χ3v) is 4.90. The first-order valence-corrected chi connectivity index (χ1v) is 8.84. The van der Waals surface area contributed by atoms with Gasteiger partial charge < -0.3 is 4.42 Å². The molecule has 2 aromatic heterocycles. The van der Waals surface area contributed by atoms with Crippen molar-refractivity contribution < 1.29 is 4.42 Å². The summed E-state index contributed by atoms with van der Waals surface area (Å²) in [6.07, 6.45) is 6.37. The fourth-order valence-electron chi connectivity index (χ4n) is 3.59. The second kappa shape index (κ2) is 6.80. The quantitative estimate of drug-likeness (QED) is 0.713. The van der Waals surface area contributed by atoms with Gasteiger partial charge in [-0.05, 0) is 50.9 Å². The number of hydrogen-bond donors (Lipinski definition) is 0. The van der Waals surface area contributed by atoms with Crippen molar-refractivity contribution in [2.45, 2.75) is 45.3 Å². The van der Waals surface area contributed by atoms with Gasteiger partial charge in [0.1, 0.15) is 0 Å². The smallest absolute Gasteiger partial charge is 0.247 e. The highest BCUT2D eigenvalue weighted by Gasteiger charge is 2.32. The van der Waals surface area contributed by atoms with Crippen LogP contribution in [-0.2, 0) is 6.54 Å². The van der Waals surface area contributed by atoms with E-state index in [0.717, 1.165) is 18.7 Å². The third kappa shape index (κ3) is 3.35. The summed E-state index contributed by atoms with van der Waals surface area (Å²) in [5, 5.41) is 13.0. The van der Waals surface area contributed by atoms with Gasteiger partial charge in [-0.25, -0.2) is 0 Å². The zero-order valence-electron chi connectivity index (χ0n) is 14.7. The van der Waals surface area contributed by atoms with E-state index in [4.69, 9.17) is 4.42 Å². The maximum absolute atomic E-state index is 5.96. The predicted octanol–water partition coefficient (Wildman–Crippen LogP) is 3.47. The largest absolute Gasteiger partial charge is 0.419 e. The molecule has 3 aromatic rings. The molecule has 0 unspecified atom stereocenters. The van der Waals surface area contributed by atoms with Crippen molar-refractivity contribution in [3.63, 3.8) is 0 Å². The Bertz CT molecular complexity index is 825. The number of aromatic nitrogens is 4. The Morgan fingerprint density at radius 3 is 2.84 bits per heavy atom. The first kappa shape index (κ1) is 16.0. The average Bonchev–Trinajstić information content (AvgIpc) is 3.37. The maximum atomic E-state index is 5.96. The maximum Gasteiger partial charge on any atom is 0.247 e. The lowest BCUT2D eigenvalue weighted by molar-refractivity contribution is 0.152. The number of likely N-dealkylation sites (tertiary alicyclic amines) is 1. The zero-order valence-corrected chi connectivity index (χ0v) is 14.7. The molecule has 0 N–H and O–H groups in total. The van der Waals surface area contributed by atoms with Crippen molar-refractivity contribution in [3.8, 4) is 11.5 Å². The van der Waals surface area contributed by atoms with E-state index in [9.17, 15) is 0 Å². The molecule has 1 aliphatic rings. The van der Waals surface area contributed by atoms with Gasteiger partial charge in [-0.3, -0.25) is 9.58 Å². The zero-order chi connectivity index (χ0) is 17.2. The number of hydrogen-bond acceptors (Lipinski definition) is 5. The Morgan fingerprint density at radius 2 is 2.08 bits per heavy atom. The van der Waals surface area contributed by atoms with E-state index in [1.807, 2.05) is 41.2 Å². The van der Waals surface area contributed by atoms with Gasteiger partial charge in [-0.15, -0.1) is 10.2 Å². The lowest BCUT2D eigenvalue weighted by Crippen LogP contribution is -2.35. The van der Waals surface area contributed by atoms with Crippen LogP contribution in [-0.4, -0.2) is 37.5 Å². The molecule has 1 saturated heterocycles. The molecule has 1 fully saturated rings. The molecule has 4 rings (SSSR count). The predicted molar refractivity (Wildman–Crippen MR) is 94.8 cm³/mol.